The van der Waals surface area contributed by atoms with E-state index < -0.39 is 0 Å². The number of hydrogen-bond donors (Lipinski definition) is 0. The molecule has 3 heterocycles. The van der Waals surface area contributed by atoms with Crippen molar-refractivity contribution in [2.75, 3.05) is 33.3 Å². The van der Waals surface area contributed by atoms with Crippen LogP contribution in [0.1, 0.15) is 16.1 Å². The first-order valence-corrected chi connectivity index (χ1v) is 9.90. The Kier molecular flexibility index (Phi) is 5.99. The second-order valence-corrected chi connectivity index (χ2v) is 7.28. The average Bonchev–Trinajstić information content (AvgIpc) is 3.41. The molecule has 0 N–H and O–H groups in total. The zero-order chi connectivity index (χ0) is 20.9. The molecule has 0 bridgehead atoms. The van der Waals surface area contributed by atoms with Crippen LogP contribution in [0.3, 0.4) is 0 Å². The van der Waals surface area contributed by atoms with Crippen LogP contribution in [-0.4, -0.2) is 68.6 Å². The van der Waals surface area contributed by atoms with Gasteiger partial charge in [0.1, 0.15) is 11.5 Å². The van der Waals surface area contributed by atoms with Crippen LogP contribution in [0.25, 0.3) is 0 Å². The highest BCUT2D eigenvalue weighted by Gasteiger charge is 2.24. The summed E-state index contributed by atoms with van der Waals surface area (Å²) in [5.41, 5.74) is 1.63. The lowest BCUT2D eigenvalue weighted by atomic mass is 10.2. The van der Waals surface area contributed by atoms with E-state index in [1.54, 1.807) is 24.1 Å². The Hall–Kier alpha value is -3.33. The Balaban J connectivity index is 1.26. The molecule has 0 atom stereocenters. The number of carbonyl (C=O) groups is 1. The van der Waals surface area contributed by atoms with Crippen LogP contribution in [0.15, 0.2) is 48.9 Å². The molecular formula is C21H26N6O3. The molecule has 0 spiro atoms. The molecule has 1 fully saturated rings. The molecule has 9 heteroatoms. The smallest absolute Gasteiger partial charge is 0.274 e. The van der Waals surface area contributed by atoms with Crippen LogP contribution in [0, 0.1) is 0 Å². The summed E-state index contributed by atoms with van der Waals surface area (Å²) in [6, 6.07) is 9.07. The number of hydrogen-bond acceptors (Lipinski definition) is 6. The van der Waals surface area contributed by atoms with Crippen molar-refractivity contribution in [1.29, 1.82) is 0 Å². The van der Waals surface area contributed by atoms with Gasteiger partial charge in [-0.25, -0.2) is 4.68 Å². The maximum Gasteiger partial charge on any atom is 0.274 e. The molecule has 158 valence electrons. The van der Waals surface area contributed by atoms with Gasteiger partial charge in [0, 0.05) is 57.7 Å². The molecule has 2 aromatic heterocycles. The summed E-state index contributed by atoms with van der Waals surface area (Å²) in [5, 5.41) is 8.58. The maximum atomic E-state index is 12.8. The minimum Gasteiger partial charge on any atom is -0.497 e. The summed E-state index contributed by atoms with van der Waals surface area (Å²) in [6.45, 7) is 4.14. The molecule has 9 nitrogen and oxygen atoms in total. The summed E-state index contributed by atoms with van der Waals surface area (Å²) in [5.74, 6) is 1.44. The number of carbonyl (C=O) groups excluding carboxylic acids is 1. The van der Waals surface area contributed by atoms with Crippen molar-refractivity contribution in [2.24, 2.45) is 7.05 Å². The van der Waals surface area contributed by atoms with Crippen molar-refractivity contribution in [3.8, 4) is 11.5 Å². The van der Waals surface area contributed by atoms with Crippen molar-refractivity contribution in [1.82, 2.24) is 29.4 Å². The monoisotopic (exact) mass is 410 g/mol. The molecule has 0 aliphatic carbocycles. The molecule has 1 aliphatic heterocycles. The number of rotatable bonds is 7. The van der Waals surface area contributed by atoms with Gasteiger partial charge < -0.3 is 14.4 Å². The van der Waals surface area contributed by atoms with E-state index in [2.05, 4.69) is 15.1 Å². The predicted octanol–water partition coefficient (Wildman–Crippen LogP) is 1.62. The van der Waals surface area contributed by atoms with E-state index in [0.29, 0.717) is 24.5 Å². The van der Waals surface area contributed by atoms with Gasteiger partial charge in [0.2, 0.25) is 0 Å². The number of aryl methyl sites for hydroxylation is 1. The van der Waals surface area contributed by atoms with E-state index >= 15 is 0 Å². The number of aromatic nitrogens is 4. The Bertz CT molecular complexity index is 973. The standard InChI is InChI=1S/C21H26N6O3/c1-24-14-17(13-22-24)15-25-9-11-26(12-10-25)21(28)20-7-8-27(23-20)16-30-19-5-3-18(29-2)4-6-19/h3-8,13-14H,9-12,15-16H2,1-2H3. The third-order valence-corrected chi connectivity index (χ3v) is 5.11. The topological polar surface area (TPSA) is 77.7 Å². The van der Waals surface area contributed by atoms with E-state index in [4.69, 9.17) is 9.47 Å². The molecule has 1 aliphatic rings. The molecule has 1 amide bonds. The average molecular weight is 410 g/mol. The molecule has 3 aromatic rings. The summed E-state index contributed by atoms with van der Waals surface area (Å²) >= 11 is 0. The van der Waals surface area contributed by atoms with Crippen LogP contribution in [0.4, 0.5) is 0 Å². The molecule has 30 heavy (non-hydrogen) atoms. The molecule has 1 saturated heterocycles. The van der Waals surface area contributed by atoms with E-state index in [9.17, 15) is 4.79 Å². The lowest BCUT2D eigenvalue weighted by Crippen LogP contribution is -2.48. The lowest BCUT2D eigenvalue weighted by Gasteiger charge is -2.34. The zero-order valence-electron chi connectivity index (χ0n) is 17.3. The minimum absolute atomic E-state index is 0.0424. The van der Waals surface area contributed by atoms with E-state index in [0.717, 1.165) is 25.4 Å². The van der Waals surface area contributed by atoms with Crippen LogP contribution in [-0.2, 0) is 20.3 Å². The Morgan fingerprint density at radius 1 is 1.07 bits per heavy atom. The Labute approximate surface area is 175 Å². The van der Waals surface area contributed by atoms with Gasteiger partial charge in [-0.2, -0.15) is 10.2 Å². The van der Waals surface area contributed by atoms with E-state index in [-0.39, 0.29) is 12.6 Å². The van der Waals surface area contributed by atoms with E-state index in [1.165, 1.54) is 5.56 Å². The third kappa shape index (κ3) is 4.80. The van der Waals surface area contributed by atoms with Crippen molar-refractivity contribution in [3.63, 3.8) is 0 Å². The predicted molar refractivity (Wildman–Crippen MR) is 110 cm³/mol. The first-order valence-electron chi connectivity index (χ1n) is 9.90. The number of ether oxygens (including phenoxy) is 2. The van der Waals surface area contributed by atoms with Crippen molar-refractivity contribution in [2.45, 2.75) is 13.3 Å². The number of benzene rings is 1. The first kappa shape index (κ1) is 20.0. The van der Waals surface area contributed by atoms with Crippen molar-refractivity contribution >= 4 is 5.91 Å². The molecule has 0 saturated carbocycles. The van der Waals surface area contributed by atoms with Gasteiger partial charge >= 0.3 is 0 Å². The van der Waals surface area contributed by atoms with Gasteiger partial charge in [0.05, 0.1) is 13.3 Å². The quantitative estimate of drug-likeness (QED) is 0.589. The lowest BCUT2D eigenvalue weighted by molar-refractivity contribution is 0.0621. The van der Waals surface area contributed by atoms with Crippen molar-refractivity contribution in [3.05, 3.63) is 60.2 Å². The van der Waals surface area contributed by atoms with Gasteiger partial charge in [0.15, 0.2) is 12.4 Å². The largest absolute Gasteiger partial charge is 0.497 e. The molecule has 0 unspecified atom stereocenters. The van der Waals surface area contributed by atoms with Crippen LogP contribution in [0.2, 0.25) is 0 Å². The molecule has 1 aromatic carbocycles. The Morgan fingerprint density at radius 2 is 1.80 bits per heavy atom. The summed E-state index contributed by atoms with van der Waals surface area (Å²) < 4.78 is 14.3. The second-order valence-electron chi connectivity index (χ2n) is 7.28. The maximum absolute atomic E-state index is 12.8. The fourth-order valence-electron chi connectivity index (χ4n) is 3.44. The SMILES string of the molecule is COc1ccc(OCn2ccc(C(=O)N3CCN(Cc4cnn(C)c4)CC3)n2)cc1. The van der Waals surface area contributed by atoms with Gasteiger partial charge in [-0.1, -0.05) is 0 Å². The molecule has 0 radical (unpaired) electrons. The van der Waals surface area contributed by atoms with Gasteiger partial charge in [-0.05, 0) is 30.3 Å². The highest BCUT2D eigenvalue weighted by molar-refractivity contribution is 5.92. The van der Waals surface area contributed by atoms with Crippen LogP contribution < -0.4 is 9.47 Å². The fraction of sp³-hybridized carbons (Fsp3) is 0.381. The number of nitrogens with zero attached hydrogens (tertiary/aromatic N) is 6. The highest BCUT2D eigenvalue weighted by Crippen LogP contribution is 2.17. The Morgan fingerprint density at radius 3 is 2.47 bits per heavy atom. The number of amides is 1. The van der Waals surface area contributed by atoms with Crippen LogP contribution in [0.5, 0.6) is 11.5 Å². The molecular weight excluding hydrogens is 384 g/mol. The zero-order valence-corrected chi connectivity index (χ0v) is 17.3. The highest BCUT2D eigenvalue weighted by atomic mass is 16.5. The number of piperazine rings is 1. The van der Waals surface area contributed by atoms with Gasteiger partial charge in [0.25, 0.3) is 5.91 Å². The molecule has 4 rings (SSSR count). The van der Waals surface area contributed by atoms with E-state index in [1.807, 2.05) is 53.3 Å². The second kappa shape index (κ2) is 9.00. The minimum atomic E-state index is -0.0424. The first-order chi connectivity index (χ1) is 14.6. The number of methoxy groups -OCH3 is 1. The van der Waals surface area contributed by atoms with Gasteiger partial charge in [-0.3, -0.25) is 14.4 Å². The van der Waals surface area contributed by atoms with Crippen LogP contribution >= 0.6 is 0 Å². The van der Waals surface area contributed by atoms with Crippen molar-refractivity contribution < 1.29 is 14.3 Å². The third-order valence-electron chi connectivity index (χ3n) is 5.11. The summed E-state index contributed by atoms with van der Waals surface area (Å²) in [6.07, 6.45) is 5.67. The summed E-state index contributed by atoms with van der Waals surface area (Å²) in [7, 11) is 3.54. The normalized spacial score (nSPS) is 14.7. The fourth-order valence-corrected chi connectivity index (χ4v) is 3.44. The summed E-state index contributed by atoms with van der Waals surface area (Å²) in [4.78, 5) is 17.0. The van der Waals surface area contributed by atoms with Gasteiger partial charge in [-0.15, -0.1) is 0 Å².